The summed E-state index contributed by atoms with van der Waals surface area (Å²) in [6.07, 6.45) is 0. The second kappa shape index (κ2) is 8.02. The third-order valence-corrected chi connectivity index (χ3v) is 5.90. The summed E-state index contributed by atoms with van der Waals surface area (Å²) in [5.74, 6) is -0.746. The number of nitrogens with zero attached hydrogens (tertiary/aromatic N) is 2. The molecule has 3 aromatic heterocycles. The summed E-state index contributed by atoms with van der Waals surface area (Å²) in [5, 5.41) is 3.31. The molecular weight excluding hydrogens is 402 g/mol. The van der Waals surface area contributed by atoms with Gasteiger partial charge in [0.2, 0.25) is 5.91 Å². The van der Waals surface area contributed by atoms with Gasteiger partial charge in [-0.2, -0.15) is 0 Å². The molecule has 0 radical (unpaired) electrons. The summed E-state index contributed by atoms with van der Waals surface area (Å²) in [6.45, 7) is 10.8. The molecule has 8 heteroatoms. The van der Waals surface area contributed by atoms with Crippen LogP contribution in [0.15, 0.2) is 29.1 Å². The van der Waals surface area contributed by atoms with Gasteiger partial charge in [-0.1, -0.05) is 26.8 Å². The van der Waals surface area contributed by atoms with Crippen LogP contribution in [-0.4, -0.2) is 21.3 Å². The van der Waals surface area contributed by atoms with Gasteiger partial charge in [0.15, 0.2) is 0 Å². The monoisotopic (exact) mass is 427 g/mol. The molecule has 0 aliphatic rings. The molecule has 0 fully saturated rings. The van der Waals surface area contributed by atoms with Crippen molar-refractivity contribution in [2.75, 3.05) is 5.32 Å². The van der Waals surface area contributed by atoms with Crippen molar-refractivity contribution in [3.8, 4) is 0 Å². The molecule has 3 heterocycles. The Morgan fingerprint density at radius 2 is 1.90 bits per heavy atom. The minimum atomic E-state index is -0.595. The standard InChI is InChI=1S/C22H25N3O4S/c1-12-8-7-9-16-23-15(10-17(26)25(12)16)11-29-20(27)18-13(2)14(3)30-19(18)24-21(28)22(4,5)6/h7-10H,11H2,1-6H3,(H,24,28). The summed E-state index contributed by atoms with van der Waals surface area (Å²) in [7, 11) is 0. The fourth-order valence-electron chi connectivity index (χ4n) is 2.90. The van der Waals surface area contributed by atoms with Crippen LogP contribution in [0.1, 0.15) is 53.0 Å². The summed E-state index contributed by atoms with van der Waals surface area (Å²) >= 11 is 1.34. The Balaban J connectivity index is 1.84. The van der Waals surface area contributed by atoms with E-state index in [0.29, 0.717) is 21.9 Å². The van der Waals surface area contributed by atoms with Gasteiger partial charge in [0.25, 0.3) is 5.56 Å². The zero-order valence-corrected chi connectivity index (χ0v) is 18.8. The number of aryl methyl sites for hydroxylation is 2. The van der Waals surface area contributed by atoms with E-state index in [1.54, 1.807) is 26.8 Å². The van der Waals surface area contributed by atoms with Crippen molar-refractivity contribution in [3.05, 3.63) is 62.0 Å². The summed E-state index contributed by atoms with van der Waals surface area (Å²) in [6, 6.07) is 6.73. The molecule has 0 aromatic carbocycles. The van der Waals surface area contributed by atoms with E-state index in [1.807, 2.05) is 32.9 Å². The lowest BCUT2D eigenvalue weighted by Crippen LogP contribution is -2.28. The highest BCUT2D eigenvalue weighted by atomic mass is 32.1. The molecule has 0 spiro atoms. The number of fused-ring (bicyclic) bond motifs is 1. The van der Waals surface area contributed by atoms with Gasteiger partial charge in [0.05, 0.1) is 11.3 Å². The highest BCUT2D eigenvalue weighted by molar-refractivity contribution is 7.16. The maximum atomic E-state index is 12.8. The molecule has 1 N–H and O–H groups in total. The van der Waals surface area contributed by atoms with Gasteiger partial charge >= 0.3 is 5.97 Å². The number of hydrogen-bond donors (Lipinski definition) is 1. The fourth-order valence-corrected chi connectivity index (χ4v) is 3.94. The number of anilines is 1. The van der Waals surface area contributed by atoms with Crippen molar-refractivity contribution < 1.29 is 14.3 Å². The number of amides is 1. The molecule has 0 bridgehead atoms. The lowest BCUT2D eigenvalue weighted by molar-refractivity contribution is -0.123. The minimum absolute atomic E-state index is 0.139. The number of aromatic nitrogens is 2. The highest BCUT2D eigenvalue weighted by Crippen LogP contribution is 2.34. The number of rotatable bonds is 4. The van der Waals surface area contributed by atoms with Crippen molar-refractivity contribution >= 4 is 33.9 Å². The van der Waals surface area contributed by atoms with Crippen molar-refractivity contribution in [2.45, 2.75) is 48.1 Å². The predicted octanol–water partition coefficient (Wildman–Crippen LogP) is 4.02. The molecule has 0 saturated heterocycles. The quantitative estimate of drug-likeness (QED) is 0.635. The zero-order chi connectivity index (χ0) is 22.2. The van der Waals surface area contributed by atoms with Crippen LogP contribution in [0, 0.1) is 26.2 Å². The normalized spacial score (nSPS) is 11.5. The van der Waals surface area contributed by atoms with Crippen LogP contribution < -0.4 is 10.9 Å². The molecule has 1 amide bonds. The molecule has 0 atom stereocenters. The van der Waals surface area contributed by atoms with Gasteiger partial charge < -0.3 is 10.1 Å². The number of carbonyl (C=O) groups excluding carboxylic acids is 2. The first kappa shape index (κ1) is 21.7. The second-order valence-corrected chi connectivity index (χ2v) is 9.44. The smallest absolute Gasteiger partial charge is 0.341 e. The van der Waals surface area contributed by atoms with Gasteiger partial charge in [-0.15, -0.1) is 11.3 Å². The summed E-state index contributed by atoms with van der Waals surface area (Å²) < 4.78 is 6.95. The summed E-state index contributed by atoms with van der Waals surface area (Å²) in [4.78, 5) is 43.0. The average molecular weight is 428 g/mol. The van der Waals surface area contributed by atoms with E-state index >= 15 is 0 Å². The van der Waals surface area contributed by atoms with Gasteiger partial charge in [-0.05, 0) is 38.5 Å². The Morgan fingerprint density at radius 1 is 1.20 bits per heavy atom. The van der Waals surface area contributed by atoms with Gasteiger partial charge in [0.1, 0.15) is 17.3 Å². The SMILES string of the molecule is Cc1sc(NC(=O)C(C)(C)C)c(C(=O)OCc2cc(=O)n3c(C)cccc3n2)c1C. The van der Waals surface area contributed by atoms with E-state index in [0.717, 1.165) is 16.1 Å². The number of carbonyl (C=O) groups is 2. The maximum Gasteiger partial charge on any atom is 0.341 e. The molecule has 3 rings (SSSR count). The first-order valence-electron chi connectivity index (χ1n) is 9.56. The maximum absolute atomic E-state index is 12.8. The number of thiophene rings is 1. The number of esters is 1. The van der Waals surface area contributed by atoms with Crippen LogP contribution in [0.25, 0.3) is 5.65 Å². The van der Waals surface area contributed by atoms with Crippen molar-refractivity contribution in [3.63, 3.8) is 0 Å². The largest absolute Gasteiger partial charge is 0.455 e. The Labute approximate surface area is 178 Å². The van der Waals surface area contributed by atoms with E-state index in [-0.39, 0.29) is 18.1 Å². The van der Waals surface area contributed by atoms with Crippen molar-refractivity contribution in [1.82, 2.24) is 9.38 Å². The Kier molecular flexibility index (Phi) is 5.81. The first-order chi connectivity index (χ1) is 14.0. The van der Waals surface area contributed by atoms with Gasteiger partial charge in [-0.3, -0.25) is 14.0 Å². The molecule has 0 aliphatic carbocycles. The minimum Gasteiger partial charge on any atom is -0.455 e. The third kappa shape index (κ3) is 4.28. The van der Waals surface area contributed by atoms with Crippen LogP contribution in [0.2, 0.25) is 0 Å². The molecule has 3 aromatic rings. The molecule has 7 nitrogen and oxygen atoms in total. The van der Waals surface area contributed by atoms with Crippen LogP contribution in [-0.2, 0) is 16.1 Å². The Hall–Kier alpha value is -3.00. The molecule has 30 heavy (non-hydrogen) atoms. The van der Waals surface area contributed by atoms with Crippen LogP contribution in [0.4, 0.5) is 5.00 Å². The van der Waals surface area contributed by atoms with Gasteiger partial charge in [0, 0.05) is 22.1 Å². The van der Waals surface area contributed by atoms with Gasteiger partial charge in [-0.25, -0.2) is 9.78 Å². The molecule has 158 valence electrons. The van der Waals surface area contributed by atoms with E-state index in [2.05, 4.69) is 10.3 Å². The Bertz CT molecular complexity index is 1200. The number of nitrogens with one attached hydrogen (secondary N) is 1. The number of ether oxygens (including phenoxy) is 1. The average Bonchev–Trinajstić information content (AvgIpc) is 2.92. The summed E-state index contributed by atoms with van der Waals surface area (Å²) in [5.41, 5.74) is 1.90. The molecular formula is C22H25N3O4S. The molecule has 0 unspecified atom stereocenters. The van der Waals surface area contributed by atoms with E-state index < -0.39 is 11.4 Å². The zero-order valence-electron chi connectivity index (χ0n) is 18.0. The van der Waals surface area contributed by atoms with Crippen LogP contribution in [0.3, 0.4) is 0 Å². The number of pyridine rings is 1. The van der Waals surface area contributed by atoms with E-state index in [9.17, 15) is 14.4 Å². The molecule has 0 saturated carbocycles. The lowest BCUT2D eigenvalue weighted by Gasteiger charge is -2.17. The first-order valence-corrected chi connectivity index (χ1v) is 10.4. The highest BCUT2D eigenvalue weighted by Gasteiger charge is 2.27. The van der Waals surface area contributed by atoms with E-state index in [4.69, 9.17) is 4.74 Å². The van der Waals surface area contributed by atoms with Crippen molar-refractivity contribution in [2.24, 2.45) is 5.41 Å². The number of hydrogen-bond acceptors (Lipinski definition) is 6. The fraction of sp³-hybridized carbons (Fsp3) is 0.364. The molecule has 0 aliphatic heterocycles. The lowest BCUT2D eigenvalue weighted by atomic mass is 9.96. The Morgan fingerprint density at radius 3 is 2.57 bits per heavy atom. The van der Waals surface area contributed by atoms with Crippen LogP contribution >= 0.6 is 11.3 Å². The second-order valence-electron chi connectivity index (χ2n) is 8.21. The van der Waals surface area contributed by atoms with Crippen molar-refractivity contribution in [1.29, 1.82) is 0 Å². The third-order valence-electron chi connectivity index (χ3n) is 4.78. The van der Waals surface area contributed by atoms with Crippen LogP contribution in [0.5, 0.6) is 0 Å². The van der Waals surface area contributed by atoms with E-state index in [1.165, 1.54) is 21.8 Å². The predicted molar refractivity (Wildman–Crippen MR) is 117 cm³/mol. The topological polar surface area (TPSA) is 89.8 Å².